The summed E-state index contributed by atoms with van der Waals surface area (Å²) in [4.78, 5) is 113. The molecule has 7 amide bonds. The number of quaternary nitrogens is 1. The number of nitrogens with two attached hydrogens (primary N) is 1. The third kappa shape index (κ3) is 7.48. The van der Waals surface area contributed by atoms with E-state index in [0.29, 0.717) is 12.3 Å². The van der Waals surface area contributed by atoms with Crippen molar-refractivity contribution in [1.29, 1.82) is 0 Å². The topological polar surface area (TPSA) is 354 Å². The van der Waals surface area contributed by atoms with Gasteiger partial charge in [0.2, 0.25) is 12.6 Å². The van der Waals surface area contributed by atoms with Crippen LogP contribution in [0.4, 0.5) is 19.5 Å². The van der Waals surface area contributed by atoms with Gasteiger partial charge in [0.1, 0.15) is 11.4 Å². The Balaban J connectivity index is 1.75. The molecule has 0 aliphatic carbocycles. The number of aliphatic carboxylic acids is 1. The number of anilines is 1. The number of oxime groups is 1. The quantitative estimate of drug-likeness (QED) is 0.0368. The maximum atomic E-state index is 13.9. The van der Waals surface area contributed by atoms with E-state index < -0.39 is 112 Å². The van der Waals surface area contributed by atoms with E-state index in [-0.39, 0.29) is 21.7 Å². The summed E-state index contributed by atoms with van der Waals surface area (Å²) in [5.74, 6) is -6.81. The SMILES string of the molecule is COC(=O)OCC1[C@H](NC(=O)/C(=N\OCC(=O)O)c2csc(N)n2)C(=O)[N@+]1(NC(=O)C1=CC(=O)C(O)C=N1)C(=O)NS(=O)(=O)N1CCNC1=O. The fourth-order valence-electron chi connectivity index (χ4n) is 4.41. The summed E-state index contributed by atoms with van der Waals surface area (Å²) in [6, 6.07) is -6.92. The highest BCUT2D eigenvalue weighted by molar-refractivity contribution is 7.88. The number of aromatic nitrogens is 1. The van der Waals surface area contributed by atoms with Gasteiger partial charge in [-0.1, -0.05) is 9.75 Å². The van der Waals surface area contributed by atoms with Gasteiger partial charge in [0, 0.05) is 24.2 Å². The van der Waals surface area contributed by atoms with Crippen molar-refractivity contribution in [3.05, 3.63) is 22.8 Å². The van der Waals surface area contributed by atoms with Crippen molar-refractivity contribution < 1.29 is 75.9 Å². The minimum Gasteiger partial charge on any atom is -0.479 e. The number of urea groups is 2. The first-order valence-corrected chi connectivity index (χ1v) is 15.8. The van der Waals surface area contributed by atoms with E-state index in [2.05, 4.69) is 35.3 Å². The number of nitrogen functional groups attached to an aromatic ring is 1. The molecule has 2 saturated heterocycles. The van der Waals surface area contributed by atoms with Gasteiger partial charge in [0.15, 0.2) is 35.4 Å². The molecule has 2 unspecified atom stereocenters. The molecule has 1 aromatic rings. The second-order valence-electron chi connectivity index (χ2n) is 9.83. The van der Waals surface area contributed by atoms with Crippen LogP contribution in [0.5, 0.6) is 0 Å². The second-order valence-corrected chi connectivity index (χ2v) is 12.3. The summed E-state index contributed by atoms with van der Waals surface area (Å²) < 4.78 is 34.9. The summed E-state index contributed by atoms with van der Waals surface area (Å²) in [6.07, 6.45) is -1.94. The molecule has 268 valence electrons. The molecule has 25 nitrogen and oxygen atoms in total. The average molecular weight is 746 g/mol. The van der Waals surface area contributed by atoms with Crippen molar-refractivity contribution in [3.63, 3.8) is 0 Å². The first-order chi connectivity index (χ1) is 23.5. The van der Waals surface area contributed by atoms with Crippen molar-refractivity contribution in [1.82, 2.24) is 30.1 Å². The third-order valence-electron chi connectivity index (χ3n) is 6.72. The monoisotopic (exact) mass is 745 g/mol. The van der Waals surface area contributed by atoms with Crippen molar-refractivity contribution >= 4 is 86.3 Å². The number of hydrogen-bond donors (Lipinski definition) is 7. The van der Waals surface area contributed by atoms with Crippen molar-refractivity contribution in [2.75, 3.05) is 39.1 Å². The number of thiazole rings is 1. The molecule has 1 aromatic heterocycles. The van der Waals surface area contributed by atoms with Gasteiger partial charge in [-0.3, -0.25) is 19.4 Å². The Bertz CT molecular complexity index is 1860. The number of ketones is 1. The number of aliphatic hydroxyl groups excluding tert-OH is 1. The molecule has 3 aliphatic rings. The van der Waals surface area contributed by atoms with E-state index in [4.69, 9.17) is 15.6 Å². The Morgan fingerprint density at radius 1 is 1.24 bits per heavy atom. The summed E-state index contributed by atoms with van der Waals surface area (Å²) in [7, 11) is -4.20. The molecule has 0 saturated carbocycles. The summed E-state index contributed by atoms with van der Waals surface area (Å²) in [5.41, 5.74) is 5.76. The van der Waals surface area contributed by atoms with Crippen LogP contribution in [0.2, 0.25) is 0 Å². The number of amides is 7. The number of hydrogen-bond acceptors (Lipinski definition) is 19. The lowest BCUT2D eigenvalue weighted by Gasteiger charge is -2.48. The number of nitrogens with one attached hydrogen (secondary N) is 4. The van der Waals surface area contributed by atoms with E-state index in [0.717, 1.165) is 18.4 Å². The van der Waals surface area contributed by atoms with Crippen LogP contribution in [0.25, 0.3) is 0 Å². The first kappa shape index (κ1) is 36.8. The zero-order valence-corrected chi connectivity index (χ0v) is 26.8. The number of carbonyl (C=O) groups is 8. The fourth-order valence-corrected chi connectivity index (χ4v) is 6.05. The molecule has 4 rings (SSSR count). The minimum atomic E-state index is -5.08. The van der Waals surface area contributed by atoms with Gasteiger partial charge >= 0.3 is 46.2 Å². The number of carboxylic acid groups (broad SMARTS) is 1. The molecule has 0 spiro atoms. The molecule has 27 heteroatoms. The van der Waals surface area contributed by atoms with E-state index >= 15 is 0 Å². The highest BCUT2D eigenvalue weighted by Gasteiger charge is 2.72. The van der Waals surface area contributed by atoms with Crippen LogP contribution in [0, 0.1) is 0 Å². The standard InChI is InChI=1S/C23H24N10O15S2/c1-46-23(43)47-6-11-16(28-18(39)15(30-48-7-14(36)37)10-8-49-20(24)27-10)19(40)33(11,29-17(38)9-4-12(34)13(35)5-26-9)22(42)31-50(44,45)32-3-2-25-21(32)41/h4-5,8,11,13,16,35H,2-3,6-7H2,1H3,(H6-,24,25,27,28,29,31,36,37,38,39,41,42)/p+1/b30-15-/t11?,13?,16-,33-/m0/s1. The number of carbonyl (C=O) groups excluding carboxylic acids is 7. The van der Waals surface area contributed by atoms with Gasteiger partial charge in [-0.25, -0.2) is 33.3 Å². The van der Waals surface area contributed by atoms with Gasteiger partial charge in [0.25, 0.3) is 5.91 Å². The van der Waals surface area contributed by atoms with E-state index in [1.54, 1.807) is 0 Å². The molecule has 0 bridgehead atoms. The summed E-state index contributed by atoms with van der Waals surface area (Å²) >= 11 is 0.830. The summed E-state index contributed by atoms with van der Waals surface area (Å²) in [6.45, 7) is -2.70. The van der Waals surface area contributed by atoms with E-state index in [1.807, 2.05) is 5.43 Å². The molecule has 3 aliphatic heterocycles. The number of ether oxygens (including phenoxy) is 2. The smallest absolute Gasteiger partial charge is 0.479 e. The lowest BCUT2D eigenvalue weighted by atomic mass is 9.93. The molecule has 0 radical (unpaired) electrons. The number of carboxylic acids is 1. The van der Waals surface area contributed by atoms with Crippen LogP contribution in [-0.4, -0.2) is 144 Å². The average Bonchev–Trinajstić information content (AvgIpc) is 3.70. The number of rotatable bonds is 11. The third-order valence-corrected chi connectivity index (χ3v) is 8.76. The van der Waals surface area contributed by atoms with Gasteiger partial charge in [0.05, 0.1) is 13.7 Å². The minimum absolute atomic E-state index is 0.0727. The number of imide groups is 1. The molecule has 50 heavy (non-hydrogen) atoms. The highest BCUT2D eigenvalue weighted by Crippen LogP contribution is 2.31. The maximum absolute atomic E-state index is 13.9. The predicted octanol–water partition coefficient (Wildman–Crippen LogP) is -4.57. The molecule has 0 aromatic carbocycles. The Labute approximate surface area is 282 Å². The van der Waals surface area contributed by atoms with Crippen LogP contribution in [0.3, 0.4) is 0 Å². The Morgan fingerprint density at radius 2 is 1.96 bits per heavy atom. The fraction of sp³-hybridized carbons (Fsp3) is 0.348. The van der Waals surface area contributed by atoms with Crippen molar-refractivity contribution in [2.45, 2.75) is 18.2 Å². The van der Waals surface area contributed by atoms with Crippen LogP contribution in [-0.2, 0) is 48.5 Å². The molecule has 2 fully saturated rings. The lowest BCUT2D eigenvalue weighted by Crippen LogP contribution is -2.90. The first-order valence-electron chi connectivity index (χ1n) is 13.5. The molecular weight excluding hydrogens is 720 g/mol. The zero-order valence-electron chi connectivity index (χ0n) is 25.1. The zero-order chi connectivity index (χ0) is 37.0. The second kappa shape index (κ2) is 14.6. The largest absolute Gasteiger partial charge is 0.508 e. The van der Waals surface area contributed by atoms with Crippen LogP contribution < -0.4 is 26.5 Å². The number of likely N-dealkylation sites (tertiary alicyclic amines) is 1. The maximum Gasteiger partial charge on any atom is 0.508 e. The van der Waals surface area contributed by atoms with E-state index in [1.165, 1.54) is 10.1 Å². The van der Waals surface area contributed by atoms with E-state index in [9.17, 15) is 51.9 Å². The van der Waals surface area contributed by atoms with Gasteiger partial charge in [-0.15, -0.1) is 11.3 Å². The number of nitrogens with zero attached hydrogens (tertiary/aromatic N) is 5. The number of β-lactam (4-membered cyclic amide) rings is 1. The highest BCUT2D eigenvalue weighted by atomic mass is 32.2. The number of aliphatic hydroxyl groups is 1. The van der Waals surface area contributed by atoms with Gasteiger partial charge < -0.3 is 40.9 Å². The Hall–Kier alpha value is -6.06. The van der Waals surface area contributed by atoms with Crippen molar-refractivity contribution in [3.8, 4) is 0 Å². The van der Waals surface area contributed by atoms with Crippen LogP contribution >= 0.6 is 11.3 Å². The summed E-state index contributed by atoms with van der Waals surface area (Å²) in [5, 5.41) is 27.4. The van der Waals surface area contributed by atoms with Gasteiger partial charge in [-0.2, -0.15) is 18.6 Å². The molecule has 4 atom stereocenters. The lowest BCUT2D eigenvalue weighted by molar-refractivity contribution is -0.868. The Morgan fingerprint density at radius 3 is 2.54 bits per heavy atom. The normalized spacial score (nSPS) is 23.2. The van der Waals surface area contributed by atoms with Crippen LogP contribution in [0.1, 0.15) is 5.69 Å². The van der Waals surface area contributed by atoms with Crippen molar-refractivity contribution in [2.24, 2.45) is 10.1 Å². The molecular formula is C23H25N10O15S2+. The predicted molar refractivity (Wildman–Crippen MR) is 159 cm³/mol. The number of methoxy groups -OCH3 is 1. The molecule has 4 heterocycles. The molecule has 8 N–H and O–H groups in total. The van der Waals surface area contributed by atoms with Crippen LogP contribution in [0.15, 0.2) is 27.3 Å². The number of aliphatic imine (C=N–C) groups is 1. The van der Waals surface area contributed by atoms with Gasteiger partial charge in [-0.05, 0) is 0 Å². The Kier molecular flexibility index (Phi) is 10.7.